The van der Waals surface area contributed by atoms with E-state index in [1.165, 1.54) is 6.07 Å². The summed E-state index contributed by atoms with van der Waals surface area (Å²) in [5.74, 6) is 0.896. The summed E-state index contributed by atoms with van der Waals surface area (Å²) in [6.45, 7) is 0. The van der Waals surface area contributed by atoms with Gasteiger partial charge < -0.3 is 14.6 Å². The zero-order valence-corrected chi connectivity index (χ0v) is 10.5. The molecule has 2 aromatic carbocycles. The van der Waals surface area contributed by atoms with Gasteiger partial charge in [0.15, 0.2) is 0 Å². The second kappa shape index (κ2) is 5.42. The van der Waals surface area contributed by atoms with E-state index in [0.29, 0.717) is 5.75 Å². The normalized spacial score (nSPS) is 10.7. The highest BCUT2D eigenvalue weighted by molar-refractivity contribution is 6.00. The molecule has 0 saturated heterocycles. The van der Waals surface area contributed by atoms with E-state index in [-0.39, 0.29) is 11.5 Å². The number of hydrogen-bond acceptors (Lipinski definition) is 3. The molecule has 0 amide bonds. The molecular weight excluding hydrogens is 244 g/mol. The van der Waals surface area contributed by atoms with Crippen molar-refractivity contribution in [2.75, 3.05) is 0 Å². The molecule has 0 aliphatic rings. The molecule has 3 nitrogen and oxygen atoms in total. The lowest BCUT2D eigenvalue weighted by molar-refractivity contribution is 0.471. The first-order chi connectivity index (χ1) is 8.67. The third-order valence-electron chi connectivity index (χ3n) is 2.39. The Hall–Kier alpha value is -2.20. The van der Waals surface area contributed by atoms with Crippen LogP contribution in [0.5, 0.6) is 17.2 Å². The zero-order chi connectivity index (χ0) is 13.0. The predicted molar refractivity (Wildman–Crippen MR) is 71.5 cm³/mol. The highest BCUT2D eigenvalue weighted by Gasteiger charge is 1.97. The molecule has 2 rings (SSSR count). The van der Waals surface area contributed by atoms with E-state index in [2.05, 4.69) is 10.5 Å². The maximum atomic E-state index is 9.49. The van der Waals surface area contributed by atoms with Gasteiger partial charge in [0.25, 0.3) is 0 Å². The van der Waals surface area contributed by atoms with Gasteiger partial charge in [-0.05, 0) is 35.4 Å². The van der Waals surface area contributed by atoms with E-state index in [4.69, 9.17) is 9.53 Å². The van der Waals surface area contributed by atoms with Crippen LogP contribution in [-0.4, -0.2) is 20.7 Å². The minimum atomic E-state index is 0.135. The lowest BCUT2D eigenvalue weighted by Gasteiger charge is -2.02. The number of aromatic hydroxyl groups is 2. The van der Waals surface area contributed by atoms with Crippen LogP contribution in [-0.2, 0) is 0 Å². The molecule has 0 heterocycles. The molecule has 4 heteroatoms. The predicted octanol–water partition coefficient (Wildman–Crippen LogP) is 2.73. The summed E-state index contributed by atoms with van der Waals surface area (Å²) in [7, 11) is 2.92. The monoisotopic (exact) mass is 255 g/mol. The summed E-state index contributed by atoms with van der Waals surface area (Å²) in [6.07, 6.45) is 3.73. The SMILES string of the molecule is Oc1ccc(C=Cc2cc(O)cc(O[Si])c2)cc1. The molecule has 2 aromatic rings. The van der Waals surface area contributed by atoms with Gasteiger partial charge in [-0.15, -0.1) is 0 Å². The number of benzene rings is 2. The molecule has 89 valence electrons. The molecule has 18 heavy (non-hydrogen) atoms. The molecule has 0 saturated carbocycles. The van der Waals surface area contributed by atoms with Crippen molar-refractivity contribution in [3.8, 4) is 17.2 Å². The number of hydrogen-bond donors (Lipinski definition) is 2. The first-order valence-electron chi connectivity index (χ1n) is 5.32. The van der Waals surface area contributed by atoms with Gasteiger partial charge in [-0.3, -0.25) is 0 Å². The summed E-state index contributed by atoms with van der Waals surface area (Å²) in [6, 6.07) is 11.8. The van der Waals surface area contributed by atoms with Crippen molar-refractivity contribution in [3.63, 3.8) is 0 Å². The molecule has 0 aromatic heterocycles. The standard InChI is InChI=1S/C14H11O3Si/c15-12-5-3-10(4-6-12)1-2-11-7-13(16)9-14(8-11)17-18/h1-9,15-16H. The van der Waals surface area contributed by atoms with Crippen LogP contribution in [0.2, 0.25) is 0 Å². The van der Waals surface area contributed by atoms with Crippen LogP contribution in [0.1, 0.15) is 11.1 Å². The van der Waals surface area contributed by atoms with E-state index in [1.807, 2.05) is 12.2 Å². The van der Waals surface area contributed by atoms with E-state index >= 15 is 0 Å². The highest BCUT2D eigenvalue weighted by Crippen LogP contribution is 2.23. The van der Waals surface area contributed by atoms with E-state index in [1.54, 1.807) is 36.4 Å². The van der Waals surface area contributed by atoms with Crippen LogP contribution < -0.4 is 4.43 Å². The first kappa shape index (κ1) is 12.3. The lowest BCUT2D eigenvalue weighted by atomic mass is 10.1. The van der Waals surface area contributed by atoms with Crippen molar-refractivity contribution in [2.45, 2.75) is 0 Å². The Bertz CT molecular complexity index is 562. The minimum absolute atomic E-state index is 0.135. The summed E-state index contributed by atoms with van der Waals surface area (Å²) >= 11 is 0. The van der Waals surface area contributed by atoms with Crippen LogP contribution in [0.3, 0.4) is 0 Å². The molecular formula is C14H11O3Si. The van der Waals surface area contributed by atoms with Gasteiger partial charge in [0, 0.05) is 6.07 Å². The quantitative estimate of drug-likeness (QED) is 0.655. The van der Waals surface area contributed by atoms with Crippen LogP contribution in [0.25, 0.3) is 12.2 Å². The fourth-order valence-corrected chi connectivity index (χ4v) is 1.66. The fourth-order valence-electron chi connectivity index (χ4n) is 1.54. The first-order valence-corrected chi connectivity index (χ1v) is 5.73. The van der Waals surface area contributed by atoms with Crippen LogP contribution in [0.15, 0.2) is 42.5 Å². The van der Waals surface area contributed by atoms with Crippen molar-refractivity contribution >= 4 is 22.6 Å². The zero-order valence-electron chi connectivity index (χ0n) is 9.50. The molecule has 3 radical (unpaired) electrons. The molecule has 0 spiro atoms. The maximum Gasteiger partial charge on any atom is 0.341 e. The molecule has 0 atom stereocenters. The Morgan fingerprint density at radius 1 is 0.833 bits per heavy atom. The second-order valence-electron chi connectivity index (χ2n) is 3.79. The molecule has 0 aliphatic heterocycles. The van der Waals surface area contributed by atoms with Crippen LogP contribution >= 0.6 is 0 Å². The van der Waals surface area contributed by atoms with Gasteiger partial charge in [-0.2, -0.15) is 0 Å². The highest BCUT2D eigenvalue weighted by atomic mass is 28.2. The van der Waals surface area contributed by atoms with Crippen molar-refractivity contribution in [3.05, 3.63) is 53.6 Å². The third kappa shape index (κ3) is 3.15. The Kier molecular flexibility index (Phi) is 3.69. The van der Waals surface area contributed by atoms with Crippen molar-refractivity contribution < 1.29 is 14.6 Å². The fraction of sp³-hybridized carbons (Fsp3) is 0. The summed E-state index contributed by atoms with van der Waals surface area (Å²) in [5.41, 5.74) is 1.77. The van der Waals surface area contributed by atoms with Gasteiger partial charge in [0.1, 0.15) is 17.2 Å². The Morgan fingerprint density at radius 3 is 2.17 bits per heavy atom. The Morgan fingerprint density at radius 2 is 1.50 bits per heavy atom. The van der Waals surface area contributed by atoms with Crippen molar-refractivity contribution in [1.29, 1.82) is 0 Å². The van der Waals surface area contributed by atoms with Gasteiger partial charge in [-0.25, -0.2) is 0 Å². The lowest BCUT2D eigenvalue weighted by Crippen LogP contribution is -1.85. The summed E-state index contributed by atoms with van der Waals surface area (Å²) in [4.78, 5) is 0. The minimum Gasteiger partial charge on any atom is -0.540 e. The average molecular weight is 255 g/mol. The van der Waals surface area contributed by atoms with E-state index in [0.717, 1.165) is 11.1 Å². The second-order valence-corrected chi connectivity index (χ2v) is 3.99. The maximum absolute atomic E-state index is 9.49. The smallest absolute Gasteiger partial charge is 0.341 e. The summed E-state index contributed by atoms with van der Waals surface area (Å²) < 4.78 is 4.88. The molecule has 0 fully saturated rings. The topological polar surface area (TPSA) is 49.7 Å². The van der Waals surface area contributed by atoms with E-state index in [9.17, 15) is 5.11 Å². The molecule has 0 aliphatic carbocycles. The molecule has 0 bridgehead atoms. The third-order valence-corrected chi connectivity index (χ3v) is 2.63. The Balaban J connectivity index is 2.22. The number of phenolic OH excluding ortho intramolecular Hbond substituents is 2. The van der Waals surface area contributed by atoms with Gasteiger partial charge in [0.2, 0.25) is 0 Å². The largest absolute Gasteiger partial charge is 0.540 e. The Labute approximate surface area is 109 Å². The van der Waals surface area contributed by atoms with Gasteiger partial charge in [-0.1, -0.05) is 24.3 Å². The molecule has 0 unspecified atom stereocenters. The van der Waals surface area contributed by atoms with Crippen molar-refractivity contribution in [2.24, 2.45) is 0 Å². The summed E-state index contributed by atoms with van der Waals surface area (Å²) in [5, 5.41) is 18.7. The molecule has 2 N–H and O–H groups in total. The van der Waals surface area contributed by atoms with Gasteiger partial charge in [0.05, 0.1) is 0 Å². The average Bonchev–Trinajstić information content (AvgIpc) is 2.37. The van der Waals surface area contributed by atoms with E-state index < -0.39 is 0 Å². The van der Waals surface area contributed by atoms with Crippen molar-refractivity contribution in [1.82, 2.24) is 0 Å². The number of rotatable bonds is 3. The van der Waals surface area contributed by atoms with Gasteiger partial charge >= 0.3 is 10.5 Å². The van der Waals surface area contributed by atoms with Crippen LogP contribution in [0, 0.1) is 0 Å². The van der Waals surface area contributed by atoms with Crippen LogP contribution in [0.4, 0.5) is 0 Å². The number of phenols is 2.